The maximum absolute atomic E-state index is 5.93. The summed E-state index contributed by atoms with van der Waals surface area (Å²) in [6.07, 6.45) is 0. The van der Waals surface area contributed by atoms with Crippen molar-refractivity contribution in [1.82, 2.24) is 0 Å². The highest BCUT2D eigenvalue weighted by atomic mass is 35.5. The van der Waals surface area contributed by atoms with Gasteiger partial charge in [-0.2, -0.15) is 0 Å². The molecule has 0 aromatic heterocycles. The molecule has 0 fully saturated rings. The SMILES string of the molecule is C=C(Cl)CNc1ccc(C)c(Cl)c1. The minimum Gasteiger partial charge on any atom is -0.380 e. The van der Waals surface area contributed by atoms with E-state index in [0.29, 0.717) is 11.6 Å². The lowest BCUT2D eigenvalue weighted by Gasteiger charge is -2.06. The van der Waals surface area contributed by atoms with Gasteiger partial charge in [-0.05, 0) is 24.6 Å². The van der Waals surface area contributed by atoms with Crippen LogP contribution in [0.15, 0.2) is 29.8 Å². The summed E-state index contributed by atoms with van der Waals surface area (Å²) in [7, 11) is 0. The van der Waals surface area contributed by atoms with Crippen molar-refractivity contribution in [2.45, 2.75) is 6.92 Å². The number of nitrogens with one attached hydrogen (secondary N) is 1. The molecular formula is C10H11Cl2N. The molecule has 1 aromatic rings. The van der Waals surface area contributed by atoms with E-state index >= 15 is 0 Å². The van der Waals surface area contributed by atoms with Crippen molar-refractivity contribution in [2.75, 3.05) is 11.9 Å². The topological polar surface area (TPSA) is 12.0 Å². The van der Waals surface area contributed by atoms with Gasteiger partial charge in [0.15, 0.2) is 0 Å². The molecule has 70 valence electrons. The van der Waals surface area contributed by atoms with Crippen LogP contribution >= 0.6 is 23.2 Å². The third-order valence-corrected chi connectivity index (χ3v) is 2.20. The molecule has 0 amide bonds. The Hall–Kier alpha value is -0.660. The molecule has 0 saturated carbocycles. The number of hydrogen-bond acceptors (Lipinski definition) is 1. The number of anilines is 1. The monoisotopic (exact) mass is 215 g/mol. The van der Waals surface area contributed by atoms with Crippen LogP contribution in [-0.2, 0) is 0 Å². The molecular weight excluding hydrogens is 205 g/mol. The van der Waals surface area contributed by atoms with E-state index in [4.69, 9.17) is 23.2 Å². The Balaban J connectivity index is 2.68. The largest absolute Gasteiger partial charge is 0.380 e. The Bertz CT molecular complexity index is 321. The first-order chi connectivity index (χ1) is 6.09. The Morgan fingerprint density at radius 1 is 1.54 bits per heavy atom. The first kappa shape index (κ1) is 10.4. The summed E-state index contributed by atoms with van der Waals surface area (Å²) in [5.74, 6) is 0. The van der Waals surface area contributed by atoms with Crippen LogP contribution in [0.2, 0.25) is 5.02 Å². The summed E-state index contributed by atoms with van der Waals surface area (Å²) >= 11 is 11.5. The number of benzene rings is 1. The van der Waals surface area contributed by atoms with Crippen LogP contribution < -0.4 is 5.32 Å². The van der Waals surface area contributed by atoms with Crippen molar-refractivity contribution in [3.8, 4) is 0 Å². The molecule has 0 bridgehead atoms. The molecule has 0 saturated heterocycles. The molecule has 1 rings (SSSR count). The second-order valence-electron chi connectivity index (χ2n) is 2.83. The van der Waals surface area contributed by atoms with Gasteiger partial charge in [0.1, 0.15) is 0 Å². The zero-order valence-corrected chi connectivity index (χ0v) is 8.91. The predicted octanol–water partition coefficient (Wildman–Crippen LogP) is 3.81. The van der Waals surface area contributed by atoms with Gasteiger partial charge in [0.2, 0.25) is 0 Å². The Kier molecular flexibility index (Phi) is 3.64. The zero-order chi connectivity index (χ0) is 9.84. The molecule has 13 heavy (non-hydrogen) atoms. The van der Waals surface area contributed by atoms with Crippen molar-refractivity contribution in [1.29, 1.82) is 0 Å². The zero-order valence-electron chi connectivity index (χ0n) is 7.40. The second-order valence-corrected chi connectivity index (χ2v) is 3.78. The maximum Gasteiger partial charge on any atom is 0.0501 e. The van der Waals surface area contributed by atoms with E-state index in [2.05, 4.69) is 11.9 Å². The lowest BCUT2D eigenvalue weighted by atomic mass is 10.2. The quantitative estimate of drug-likeness (QED) is 0.809. The lowest BCUT2D eigenvalue weighted by molar-refractivity contribution is 1.31. The fourth-order valence-corrected chi connectivity index (χ4v) is 1.15. The van der Waals surface area contributed by atoms with Gasteiger partial charge in [-0.1, -0.05) is 35.8 Å². The molecule has 0 spiro atoms. The summed E-state index contributed by atoms with van der Waals surface area (Å²) in [5, 5.41) is 4.43. The molecule has 0 radical (unpaired) electrons. The molecule has 0 atom stereocenters. The van der Waals surface area contributed by atoms with Crippen molar-refractivity contribution in [2.24, 2.45) is 0 Å². The van der Waals surface area contributed by atoms with Gasteiger partial charge in [0, 0.05) is 15.7 Å². The second kappa shape index (κ2) is 4.54. The van der Waals surface area contributed by atoms with E-state index in [9.17, 15) is 0 Å². The highest BCUT2D eigenvalue weighted by molar-refractivity contribution is 6.31. The van der Waals surface area contributed by atoms with Crippen molar-refractivity contribution < 1.29 is 0 Å². The van der Waals surface area contributed by atoms with Gasteiger partial charge < -0.3 is 5.32 Å². The molecule has 3 heteroatoms. The van der Waals surface area contributed by atoms with Gasteiger partial charge >= 0.3 is 0 Å². The van der Waals surface area contributed by atoms with Crippen LogP contribution in [0.4, 0.5) is 5.69 Å². The average Bonchev–Trinajstić information content (AvgIpc) is 2.07. The molecule has 0 heterocycles. The van der Waals surface area contributed by atoms with Crippen molar-refractivity contribution in [3.05, 3.63) is 40.4 Å². The molecule has 0 aliphatic rings. The van der Waals surface area contributed by atoms with Gasteiger partial charge in [-0.15, -0.1) is 0 Å². The number of halogens is 2. The summed E-state index contributed by atoms with van der Waals surface area (Å²) in [6.45, 7) is 6.10. The number of aryl methyl sites for hydroxylation is 1. The van der Waals surface area contributed by atoms with Crippen LogP contribution in [0.3, 0.4) is 0 Å². The van der Waals surface area contributed by atoms with Gasteiger partial charge in [0.05, 0.1) is 6.54 Å². The third-order valence-electron chi connectivity index (χ3n) is 1.66. The van der Waals surface area contributed by atoms with Crippen LogP contribution in [0, 0.1) is 6.92 Å². The van der Waals surface area contributed by atoms with Crippen LogP contribution in [-0.4, -0.2) is 6.54 Å². The fourth-order valence-electron chi connectivity index (χ4n) is 0.901. The number of rotatable bonds is 3. The first-order valence-corrected chi connectivity index (χ1v) is 4.68. The minimum absolute atomic E-state index is 0.556. The maximum atomic E-state index is 5.93. The highest BCUT2D eigenvalue weighted by Gasteiger charge is 1.97. The highest BCUT2D eigenvalue weighted by Crippen LogP contribution is 2.20. The first-order valence-electron chi connectivity index (χ1n) is 3.93. The number of hydrogen-bond donors (Lipinski definition) is 1. The van der Waals surface area contributed by atoms with E-state index in [-0.39, 0.29) is 0 Å². The summed E-state index contributed by atoms with van der Waals surface area (Å²) < 4.78 is 0. The Labute approximate surface area is 88.4 Å². The van der Waals surface area contributed by atoms with Gasteiger partial charge in [0.25, 0.3) is 0 Å². The molecule has 1 aromatic carbocycles. The standard InChI is InChI=1S/C10H11Cl2N/c1-7-3-4-9(5-10(7)12)13-6-8(2)11/h3-5,13H,2,6H2,1H3. The van der Waals surface area contributed by atoms with Crippen LogP contribution in [0.5, 0.6) is 0 Å². The van der Waals surface area contributed by atoms with E-state index < -0.39 is 0 Å². The molecule has 0 aliphatic heterocycles. The van der Waals surface area contributed by atoms with E-state index in [0.717, 1.165) is 16.3 Å². The van der Waals surface area contributed by atoms with Crippen LogP contribution in [0.25, 0.3) is 0 Å². The van der Waals surface area contributed by atoms with Crippen molar-refractivity contribution >= 4 is 28.9 Å². The van der Waals surface area contributed by atoms with E-state index in [1.54, 1.807) is 0 Å². The van der Waals surface area contributed by atoms with E-state index in [1.165, 1.54) is 0 Å². The summed E-state index contributed by atoms with van der Waals surface area (Å²) in [4.78, 5) is 0. The minimum atomic E-state index is 0.556. The molecule has 0 aliphatic carbocycles. The average molecular weight is 216 g/mol. The predicted molar refractivity (Wildman–Crippen MR) is 59.7 cm³/mol. The fraction of sp³-hybridized carbons (Fsp3) is 0.200. The molecule has 1 nitrogen and oxygen atoms in total. The Morgan fingerprint density at radius 3 is 2.77 bits per heavy atom. The lowest BCUT2D eigenvalue weighted by Crippen LogP contribution is -2.00. The van der Waals surface area contributed by atoms with Gasteiger partial charge in [-0.3, -0.25) is 0 Å². The molecule has 1 N–H and O–H groups in total. The Morgan fingerprint density at radius 2 is 2.23 bits per heavy atom. The third kappa shape index (κ3) is 3.29. The van der Waals surface area contributed by atoms with Crippen molar-refractivity contribution in [3.63, 3.8) is 0 Å². The summed E-state index contributed by atoms with van der Waals surface area (Å²) in [5.41, 5.74) is 2.02. The molecule has 0 unspecified atom stereocenters. The summed E-state index contributed by atoms with van der Waals surface area (Å²) in [6, 6.07) is 5.79. The smallest absolute Gasteiger partial charge is 0.0501 e. The van der Waals surface area contributed by atoms with Gasteiger partial charge in [-0.25, -0.2) is 0 Å². The van der Waals surface area contributed by atoms with E-state index in [1.807, 2.05) is 25.1 Å². The normalized spacial score (nSPS) is 9.77. The van der Waals surface area contributed by atoms with Crippen LogP contribution in [0.1, 0.15) is 5.56 Å².